The van der Waals surface area contributed by atoms with Crippen molar-refractivity contribution in [3.05, 3.63) is 36.2 Å². The number of hydrogen-bond acceptors (Lipinski definition) is 3. The molecule has 0 aliphatic rings. The second-order valence-electron chi connectivity index (χ2n) is 3.74. The van der Waals surface area contributed by atoms with E-state index >= 15 is 0 Å². The predicted molar refractivity (Wildman–Crippen MR) is 67.0 cm³/mol. The van der Waals surface area contributed by atoms with Crippen LogP contribution in [0.25, 0.3) is 11.4 Å². The Kier molecular flexibility index (Phi) is 3.27. The molecule has 1 heterocycles. The lowest BCUT2D eigenvalue weighted by Crippen LogP contribution is -2.40. The van der Waals surface area contributed by atoms with Gasteiger partial charge in [0.15, 0.2) is 5.82 Å². The van der Waals surface area contributed by atoms with Gasteiger partial charge in [-0.3, -0.25) is 0 Å². The first-order chi connectivity index (χ1) is 8.63. The molecule has 0 spiro atoms. The summed E-state index contributed by atoms with van der Waals surface area (Å²) in [6.45, 7) is 3.79. The van der Waals surface area contributed by atoms with Gasteiger partial charge in [0, 0.05) is 12.1 Å². The SMILES string of the molecule is CCN(C(=O)O)n1nc(-c2ccccc2)nc1C. The minimum Gasteiger partial charge on any atom is -0.464 e. The van der Waals surface area contributed by atoms with Crippen LogP contribution in [0.2, 0.25) is 0 Å². The number of carboxylic acid groups (broad SMARTS) is 1. The minimum atomic E-state index is -1.05. The molecule has 0 saturated carbocycles. The zero-order valence-corrected chi connectivity index (χ0v) is 10.2. The molecule has 0 bridgehead atoms. The van der Waals surface area contributed by atoms with E-state index in [0.29, 0.717) is 18.2 Å². The molecule has 1 N–H and O–H groups in total. The normalized spacial score (nSPS) is 10.3. The molecule has 18 heavy (non-hydrogen) atoms. The molecule has 1 aromatic carbocycles. The van der Waals surface area contributed by atoms with Gasteiger partial charge >= 0.3 is 6.09 Å². The number of amides is 1. The van der Waals surface area contributed by atoms with Crippen LogP contribution in [0, 0.1) is 6.92 Å². The van der Waals surface area contributed by atoms with Crippen LogP contribution in [0.15, 0.2) is 30.3 Å². The van der Waals surface area contributed by atoms with Crippen LogP contribution in [-0.4, -0.2) is 32.6 Å². The van der Waals surface area contributed by atoms with Gasteiger partial charge in [0.05, 0.1) is 0 Å². The highest BCUT2D eigenvalue weighted by atomic mass is 16.4. The molecule has 0 unspecified atom stereocenters. The lowest BCUT2D eigenvalue weighted by atomic mass is 10.2. The summed E-state index contributed by atoms with van der Waals surface area (Å²) in [6, 6.07) is 9.45. The zero-order valence-electron chi connectivity index (χ0n) is 10.2. The van der Waals surface area contributed by atoms with Crippen LogP contribution < -0.4 is 5.01 Å². The summed E-state index contributed by atoms with van der Waals surface area (Å²) >= 11 is 0. The van der Waals surface area contributed by atoms with Crippen LogP contribution >= 0.6 is 0 Å². The van der Waals surface area contributed by atoms with E-state index in [9.17, 15) is 4.79 Å². The van der Waals surface area contributed by atoms with Gasteiger partial charge in [-0.15, -0.1) is 5.10 Å². The quantitative estimate of drug-likeness (QED) is 0.897. The molecule has 6 nitrogen and oxygen atoms in total. The molecular weight excluding hydrogens is 232 g/mol. The van der Waals surface area contributed by atoms with Crippen molar-refractivity contribution in [1.29, 1.82) is 0 Å². The van der Waals surface area contributed by atoms with Gasteiger partial charge in [0.25, 0.3) is 0 Å². The Labute approximate surface area is 104 Å². The number of benzene rings is 1. The average Bonchev–Trinajstić information content (AvgIpc) is 2.73. The van der Waals surface area contributed by atoms with E-state index in [4.69, 9.17) is 5.11 Å². The molecule has 2 aromatic rings. The number of carbonyl (C=O) groups is 1. The fourth-order valence-corrected chi connectivity index (χ4v) is 1.67. The largest absolute Gasteiger partial charge is 0.464 e. The Bertz CT molecular complexity index is 550. The first kappa shape index (κ1) is 12.1. The molecule has 0 radical (unpaired) electrons. The van der Waals surface area contributed by atoms with Crippen LogP contribution in [0.4, 0.5) is 4.79 Å². The molecule has 0 fully saturated rings. The van der Waals surface area contributed by atoms with Crippen LogP contribution in [0.5, 0.6) is 0 Å². The molecule has 1 aromatic heterocycles. The van der Waals surface area contributed by atoms with E-state index in [-0.39, 0.29) is 0 Å². The lowest BCUT2D eigenvalue weighted by Gasteiger charge is -2.16. The Balaban J connectivity index is 2.41. The summed E-state index contributed by atoms with van der Waals surface area (Å²) in [5.41, 5.74) is 0.862. The first-order valence-electron chi connectivity index (χ1n) is 5.63. The van der Waals surface area contributed by atoms with Crippen LogP contribution in [0.3, 0.4) is 0 Å². The number of hydrogen-bond donors (Lipinski definition) is 1. The summed E-state index contributed by atoms with van der Waals surface area (Å²) < 4.78 is 0. The highest BCUT2D eigenvalue weighted by Crippen LogP contribution is 2.14. The fourth-order valence-electron chi connectivity index (χ4n) is 1.67. The predicted octanol–water partition coefficient (Wildman–Crippen LogP) is 1.89. The molecule has 1 amide bonds. The number of aromatic nitrogens is 3. The van der Waals surface area contributed by atoms with Gasteiger partial charge < -0.3 is 5.11 Å². The van der Waals surface area contributed by atoms with Crippen molar-refractivity contribution in [3.63, 3.8) is 0 Å². The Morgan fingerprint density at radius 3 is 2.61 bits per heavy atom. The maximum absolute atomic E-state index is 11.1. The zero-order chi connectivity index (χ0) is 13.1. The lowest BCUT2D eigenvalue weighted by molar-refractivity contribution is 0.193. The maximum atomic E-state index is 11.1. The Morgan fingerprint density at radius 2 is 2.06 bits per heavy atom. The third-order valence-electron chi connectivity index (χ3n) is 2.53. The third-order valence-corrected chi connectivity index (χ3v) is 2.53. The maximum Gasteiger partial charge on any atom is 0.427 e. The van der Waals surface area contributed by atoms with E-state index in [1.807, 2.05) is 30.3 Å². The van der Waals surface area contributed by atoms with Gasteiger partial charge in [0.2, 0.25) is 0 Å². The molecule has 94 valence electrons. The fraction of sp³-hybridized carbons (Fsp3) is 0.250. The van der Waals surface area contributed by atoms with Gasteiger partial charge in [-0.25, -0.2) is 9.78 Å². The molecule has 2 rings (SSSR count). The standard InChI is InChI=1S/C12H14N4O2/c1-3-15(12(17)18)16-9(2)13-11(14-16)10-7-5-4-6-8-10/h4-8H,3H2,1-2H3,(H,17,18). The molecule has 0 aliphatic carbocycles. The molecular formula is C12H14N4O2. The van der Waals surface area contributed by atoms with Crippen LogP contribution in [0.1, 0.15) is 12.7 Å². The topological polar surface area (TPSA) is 71.2 Å². The second-order valence-corrected chi connectivity index (χ2v) is 3.74. The molecule has 0 saturated heterocycles. The number of nitrogens with zero attached hydrogens (tertiary/aromatic N) is 4. The highest BCUT2D eigenvalue weighted by molar-refractivity contribution is 5.76. The van der Waals surface area contributed by atoms with E-state index < -0.39 is 6.09 Å². The Morgan fingerprint density at radius 1 is 1.39 bits per heavy atom. The van der Waals surface area contributed by atoms with E-state index in [2.05, 4.69) is 10.1 Å². The average molecular weight is 246 g/mol. The first-order valence-corrected chi connectivity index (χ1v) is 5.63. The van der Waals surface area contributed by atoms with Gasteiger partial charge in [-0.1, -0.05) is 30.3 Å². The summed E-state index contributed by atoms with van der Waals surface area (Å²) in [4.78, 5) is 16.7. The molecule has 6 heteroatoms. The van der Waals surface area contributed by atoms with Crippen molar-refractivity contribution in [2.75, 3.05) is 11.6 Å². The van der Waals surface area contributed by atoms with Crippen molar-refractivity contribution in [2.45, 2.75) is 13.8 Å². The summed E-state index contributed by atoms with van der Waals surface area (Å²) in [6.07, 6.45) is -1.05. The number of aryl methyl sites for hydroxylation is 1. The number of rotatable bonds is 3. The van der Waals surface area contributed by atoms with E-state index in [1.54, 1.807) is 13.8 Å². The van der Waals surface area contributed by atoms with Gasteiger partial charge in [0.1, 0.15) is 5.82 Å². The van der Waals surface area contributed by atoms with Crippen LogP contribution in [-0.2, 0) is 0 Å². The summed E-state index contributed by atoms with van der Waals surface area (Å²) in [5.74, 6) is 1.06. The van der Waals surface area contributed by atoms with Crippen molar-refractivity contribution in [2.24, 2.45) is 0 Å². The van der Waals surface area contributed by atoms with Crippen molar-refractivity contribution < 1.29 is 9.90 Å². The molecule has 0 atom stereocenters. The molecule has 0 aliphatic heterocycles. The van der Waals surface area contributed by atoms with Crippen molar-refractivity contribution in [3.8, 4) is 11.4 Å². The van der Waals surface area contributed by atoms with E-state index in [1.165, 1.54) is 4.79 Å². The smallest absolute Gasteiger partial charge is 0.427 e. The third kappa shape index (κ3) is 2.17. The summed E-state index contributed by atoms with van der Waals surface area (Å²) in [7, 11) is 0. The second kappa shape index (κ2) is 4.87. The highest BCUT2D eigenvalue weighted by Gasteiger charge is 2.17. The van der Waals surface area contributed by atoms with Crippen molar-refractivity contribution >= 4 is 6.09 Å². The van der Waals surface area contributed by atoms with Gasteiger partial charge in [-0.05, 0) is 13.8 Å². The minimum absolute atomic E-state index is 0.313. The monoisotopic (exact) mass is 246 g/mol. The van der Waals surface area contributed by atoms with Gasteiger partial charge in [-0.2, -0.15) is 9.80 Å². The van der Waals surface area contributed by atoms with Crippen molar-refractivity contribution in [1.82, 2.24) is 14.9 Å². The summed E-state index contributed by atoms with van der Waals surface area (Å²) in [5, 5.41) is 14.4. The Hall–Kier alpha value is -2.37. The van der Waals surface area contributed by atoms with E-state index in [0.717, 1.165) is 10.6 Å².